The van der Waals surface area contributed by atoms with Crippen LogP contribution in [0.25, 0.3) is 0 Å². The number of nitrogens with zero attached hydrogens (tertiary/aromatic N) is 1. The van der Waals surface area contributed by atoms with Gasteiger partial charge in [0.1, 0.15) is 5.75 Å². The highest BCUT2D eigenvalue weighted by Crippen LogP contribution is 2.40. The molecule has 0 spiro atoms. The van der Waals surface area contributed by atoms with Crippen molar-refractivity contribution in [2.24, 2.45) is 0 Å². The van der Waals surface area contributed by atoms with Gasteiger partial charge in [-0.2, -0.15) is 0 Å². The van der Waals surface area contributed by atoms with Crippen LogP contribution in [0.5, 0.6) is 5.75 Å². The minimum Gasteiger partial charge on any atom is -0.479 e. The molecule has 1 fully saturated rings. The average Bonchev–Trinajstić information content (AvgIpc) is 2.68. The summed E-state index contributed by atoms with van der Waals surface area (Å²) in [5.74, 6) is 0.512. The van der Waals surface area contributed by atoms with Gasteiger partial charge in [-0.3, -0.25) is 9.69 Å². The third-order valence-electron chi connectivity index (χ3n) is 5.91. The summed E-state index contributed by atoms with van der Waals surface area (Å²) in [6, 6.07) is 15.0. The van der Waals surface area contributed by atoms with E-state index in [1.807, 2.05) is 43.3 Å². The van der Waals surface area contributed by atoms with E-state index in [1.165, 1.54) is 0 Å². The van der Waals surface area contributed by atoms with Gasteiger partial charge < -0.3 is 15.4 Å². The molecular formula is C23H27N3O3. The Balaban J connectivity index is 1.57. The summed E-state index contributed by atoms with van der Waals surface area (Å²) in [6.45, 7) is 5.82. The van der Waals surface area contributed by atoms with Gasteiger partial charge in [0, 0.05) is 17.3 Å². The maximum absolute atomic E-state index is 12.9. The maximum Gasteiger partial charge on any atom is 0.319 e. The van der Waals surface area contributed by atoms with Crippen molar-refractivity contribution in [3.63, 3.8) is 0 Å². The average molecular weight is 393 g/mol. The van der Waals surface area contributed by atoms with Crippen molar-refractivity contribution >= 4 is 23.3 Å². The number of fused-ring (bicyclic) bond motifs is 1. The summed E-state index contributed by atoms with van der Waals surface area (Å²) >= 11 is 0. The van der Waals surface area contributed by atoms with Gasteiger partial charge in [0.25, 0.3) is 5.91 Å². The lowest BCUT2D eigenvalue weighted by molar-refractivity contribution is -0.126. The first-order valence-electron chi connectivity index (χ1n) is 10.1. The highest BCUT2D eigenvalue weighted by atomic mass is 16.5. The Hall–Kier alpha value is -3.02. The van der Waals surface area contributed by atoms with Crippen LogP contribution >= 0.6 is 0 Å². The zero-order valence-electron chi connectivity index (χ0n) is 17.1. The molecule has 2 aliphatic rings. The number of nitrogens with one attached hydrogen (secondary N) is 2. The Labute approximate surface area is 171 Å². The van der Waals surface area contributed by atoms with E-state index in [4.69, 9.17) is 4.74 Å². The molecule has 6 nitrogen and oxygen atoms in total. The Morgan fingerprint density at radius 2 is 1.93 bits per heavy atom. The van der Waals surface area contributed by atoms with Crippen LogP contribution in [0.4, 0.5) is 16.2 Å². The molecular weight excluding hydrogens is 366 g/mol. The van der Waals surface area contributed by atoms with E-state index in [0.717, 1.165) is 24.8 Å². The molecule has 1 aliphatic heterocycles. The second-order valence-electron chi connectivity index (χ2n) is 8.23. The normalized spacial score (nSPS) is 20.7. The van der Waals surface area contributed by atoms with Gasteiger partial charge >= 0.3 is 6.03 Å². The van der Waals surface area contributed by atoms with Crippen LogP contribution < -0.4 is 20.3 Å². The lowest BCUT2D eigenvalue weighted by Gasteiger charge is -2.39. The molecule has 0 aromatic heterocycles. The number of anilines is 2. The van der Waals surface area contributed by atoms with E-state index >= 15 is 0 Å². The highest BCUT2D eigenvalue weighted by molar-refractivity contribution is 6.01. The van der Waals surface area contributed by atoms with E-state index in [2.05, 4.69) is 17.6 Å². The summed E-state index contributed by atoms with van der Waals surface area (Å²) in [4.78, 5) is 27.0. The number of ether oxygens (including phenoxy) is 1. The fourth-order valence-electron chi connectivity index (χ4n) is 3.99. The summed E-state index contributed by atoms with van der Waals surface area (Å²) in [6.07, 6.45) is 2.55. The Kier molecular flexibility index (Phi) is 4.94. The number of urea groups is 1. The van der Waals surface area contributed by atoms with E-state index in [0.29, 0.717) is 17.1 Å². The van der Waals surface area contributed by atoms with Gasteiger partial charge in [-0.15, -0.1) is 0 Å². The summed E-state index contributed by atoms with van der Waals surface area (Å²) in [5.41, 5.74) is 2.29. The largest absolute Gasteiger partial charge is 0.479 e. The number of amides is 3. The second kappa shape index (κ2) is 7.43. The number of hydrogen-bond acceptors (Lipinski definition) is 3. The minimum atomic E-state index is -0.591. The Morgan fingerprint density at radius 3 is 2.59 bits per heavy atom. The van der Waals surface area contributed by atoms with Crippen LogP contribution in [0.2, 0.25) is 0 Å². The first kappa shape index (κ1) is 19.3. The SMILES string of the molecule is C[C@H]1Oc2cc(NC(=O)NC3(C)CCC3)ccc2N([C@@H](C)c2ccccc2)C1=O. The lowest BCUT2D eigenvalue weighted by Crippen LogP contribution is -2.52. The molecule has 2 atom stereocenters. The van der Waals surface area contributed by atoms with Crippen LogP contribution in [-0.4, -0.2) is 23.6 Å². The van der Waals surface area contributed by atoms with Crippen LogP contribution in [0.3, 0.4) is 0 Å². The molecule has 2 aromatic carbocycles. The second-order valence-corrected chi connectivity index (χ2v) is 8.23. The van der Waals surface area contributed by atoms with Gasteiger partial charge in [0.05, 0.1) is 11.7 Å². The van der Waals surface area contributed by atoms with Crippen molar-refractivity contribution in [1.29, 1.82) is 0 Å². The van der Waals surface area contributed by atoms with E-state index in [-0.39, 0.29) is 23.5 Å². The first-order valence-corrected chi connectivity index (χ1v) is 10.1. The van der Waals surface area contributed by atoms with Crippen LogP contribution in [0.1, 0.15) is 51.6 Å². The molecule has 0 radical (unpaired) electrons. The zero-order chi connectivity index (χ0) is 20.6. The van der Waals surface area contributed by atoms with Crippen molar-refractivity contribution in [2.45, 2.75) is 57.7 Å². The number of benzene rings is 2. The van der Waals surface area contributed by atoms with Crippen LogP contribution in [0.15, 0.2) is 48.5 Å². The third-order valence-corrected chi connectivity index (χ3v) is 5.91. The molecule has 4 rings (SSSR count). The number of hydrogen-bond donors (Lipinski definition) is 2. The summed E-state index contributed by atoms with van der Waals surface area (Å²) in [7, 11) is 0. The highest BCUT2D eigenvalue weighted by Gasteiger charge is 2.36. The standard InChI is InChI=1S/C23H27N3O3/c1-15(17-8-5-4-6-9-17)26-19-11-10-18(14-20(19)29-16(2)21(26)27)24-22(28)25-23(3)12-7-13-23/h4-6,8-11,14-16H,7,12-13H2,1-3H3,(H2,24,25,28)/t15-,16+/m0/s1. The Morgan fingerprint density at radius 1 is 1.21 bits per heavy atom. The molecule has 1 aliphatic carbocycles. The molecule has 29 heavy (non-hydrogen) atoms. The van der Waals surface area contributed by atoms with Gasteiger partial charge in [-0.1, -0.05) is 30.3 Å². The molecule has 0 saturated heterocycles. The smallest absolute Gasteiger partial charge is 0.319 e. The van der Waals surface area contributed by atoms with Crippen LogP contribution in [-0.2, 0) is 4.79 Å². The number of carbonyl (C=O) groups is 2. The van der Waals surface area contributed by atoms with E-state index in [9.17, 15) is 9.59 Å². The molecule has 152 valence electrons. The monoisotopic (exact) mass is 393 g/mol. The van der Waals surface area contributed by atoms with Crippen molar-refractivity contribution in [2.75, 3.05) is 10.2 Å². The molecule has 2 N–H and O–H groups in total. The minimum absolute atomic E-state index is 0.0785. The molecule has 1 heterocycles. The number of carbonyl (C=O) groups excluding carboxylic acids is 2. The van der Waals surface area contributed by atoms with Crippen LogP contribution in [0, 0.1) is 0 Å². The fraction of sp³-hybridized carbons (Fsp3) is 0.391. The molecule has 2 aromatic rings. The van der Waals surface area contributed by atoms with Crippen molar-refractivity contribution < 1.29 is 14.3 Å². The fourth-order valence-corrected chi connectivity index (χ4v) is 3.99. The lowest BCUT2D eigenvalue weighted by atomic mass is 9.79. The van der Waals surface area contributed by atoms with Gasteiger partial charge in [0.2, 0.25) is 0 Å². The predicted molar refractivity (Wildman–Crippen MR) is 113 cm³/mol. The van der Waals surface area contributed by atoms with Crippen molar-refractivity contribution in [3.8, 4) is 5.75 Å². The summed E-state index contributed by atoms with van der Waals surface area (Å²) < 4.78 is 5.85. The summed E-state index contributed by atoms with van der Waals surface area (Å²) in [5, 5.41) is 5.91. The predicted octanol–water partition coefficient (Wildman–Crippen LogP) is 4.63. The topological polar surface area (TPSA) is 70.7 Å². The quantitative estimate of drug-likeness (QED) is 0.796. The van der Waals surface area contributed by atoms with Gasteiger partial charge in [-0.05, 0) is 57.7 Å². The van der Waals surface area contributed by atoms with E-state index < -0.39 is 6.10 Å². The molecule has 3 amide bonds. The molecule has 0 unspecified atom stereocenters. The van der Waals surface area contributed by atoms with Crippen molar-refractivity contribution in [3.05, 3.63) is 54.1 Å². The third kappa shape index (κ3) is 3.79. The molecule has 6 heteroatoms. The maximum atomic E-state index is 12.9. The van der Waals surface area contributed by atoms with Crippen molar-refractivity contribution in [1.82, 2.24) is 5.32 Å². The molecule has 1 saturated carbocycles. The first-order chi connectivity index (χ1) is 13.9. The van der Waals surface area contributed by atoms with Gasteiger partial charge in [0.15, 0.2) is 6.10 Å². The molecule has 0 bridgehead atoms. The Bertz CT molecular complexity index is 924. The van der Waals surface area contributed by atoms with E-state index in [1.54, 1.807) is 24.0 Å². The van der Waals surface area contributed by atoms with Gasteiger partial charge in [-0.25, -0.2) is 4.79 Å². The zero-order valence-corrected chi connectivity index (χ0v) is 17.1. The number of rotatable bonds is 4.